The Kier molecular flexibility index (Phi) is 1.65. The van der Waals surface area contributed by atoms with Crippen molar-refractivity contribution in [3.05, 3.63) is 29.8 Å². The molecule has 0 aromatic heterocycles. The van der Waals surface area contributed by atoms with Gasteiger partial charge >= 0.3 is 0 Å². The zero-order chi connectivity index (χ0) is 9.47. The minimum atomic E-state index is 0.0331. The van der Waals surface area contributed by atoms with E-state index in [4.69, 9.17) is 0 Å². The molecular formula is C11H14N2. The second kappa shape index (κ2) is 2.59. The van der Waals surface area contributed by atoms with Crippen molar-refractivity contribution in [1.29, 1.82) is 0 Å². The summed E-state index contributed by atoms with van der Waals surface area (Å²) < 4.78 is 0. The van der Waals surface area contributed by atoms with E-state index in [-0.39, 0.29) is 5.41 Å². The van der Waals surface area contributed by atoms with E-state index >= 15 is 0 Å². The second-order valence-corrected chi connectivity index (χ2v) is 3.87. The Bertz CT molecular complexity index is 364. The number of nitrogens with one attached hydrogen (secondary N) is 1. The zero-order valence-corrected chi connectivity index (χ0v) is 8.26. The summed E-state index contributed by atoms with van der Waals surface area (Å²) in [6.07, 6.45) is 0. The van der Waals surface area contributed by atoms with Crippen LogP contribution >= 0.6 is 0 Å². The van der Waals surface area contributed by atoms with Gasteiger partial charge in [-0.2, -0.15) is 0 Å². The Morgan fingerprint density at radius 3 is 2.54 bits per heavy atom. The van der Waals surface area contributed by atoms with E-state index < -0.39 is 0 Å². The van der Waals surface area contributed by atoms with E-state index in [0.717, 1.165) is 5.84 Å². The Morgan fingerprint density at radius 1 is 1.23 bits per heavy atom. The van der Waals surface area contributed by atoms with Gasteiger partial charge in [0.2, 0.25) is 0 Å². The van der Waals surface area contributed by atoms with Gasteiger partial charge in [-0.25, -0.2) is 0 Å². The number of fused-ring (bicyclic) bond motifs is 1. The first kappa shape index (κ1) is 8.30. The number of benzene rings is 1. The van der Waals surface area contributed by atoms with Crippen LogP contribution in [0, 0.1) is 0 Å². The first-order valence-corrected chi connectivity index (χ1v) is 4.50. The van der Waals surface area contributed by atoms with Crippen molar-refractivity contribution >= 4 is 11.5 Å². The largest absolute Gasteiger partial charge is 0.343 e. The topological polar surface area (TPSA) is 24.4 Å². The molecule has 1 N–H and O–H groups in total. The van der Waals surface area contributed by atoms with Crippen LogP contribution in [0.1, 0.15) is 19.4 Å². The van der Waals surface area contributed by atoms with E-state index in [9.17, 15) is 0 Å². The molecule has 0 spiro atoms. The molecule has 0 bridgehead atoms. The fraction of sp³-hybridized carbons (Fsp3) is 0.364. The number of nitrogens with zero attached hydrogens (tertiary/aromatic N) is 1. The van der Waals surface area contributed by atoms with Gasteiger partial charge in [0.15, 0.2) is 0 Å². The fourth-order valence-electron chi connectivity index (χ4n) is 1.88. The molecule has 13 heavy (non-hydrogen) atoms. The lowest BCUT2D eigenvalue weighted by atomic mass is 9.86. The first-order chi connectivity index (χ1) is 6.16. The standard InChI is InChI=1S/C11H14N2/c1-11(2)8-6-4-5-7-9(8)13-10(11)12-3/h4-7H,1-3H3,(H,12,13). The molecule has 2 nitrogen and oxygen atoms in total. The molecule has 1 heterocycles. The number of hydrogen-bond donors (Lipinski definition) is 1. The van der Waals surface area contributed by atoms with Gasteiger partial charge in [-0.1, -0.05) is 18.2 Å². The van der Waals surface area contributed by atoms with Gasteiger partial charge in [0.25, 0.3) is 0 Å². The van der Waals surface area contributed by atoms with Gasteiger partial charge in [0, 0.05) is 18.2 Å². The van der Waals surface area contributed by atoms with E-state index in [1.807, 2.05) is 13.1 Å². The molecule has 2 heteroatoms. The van der Waals surface area contributed by atoms with E-state index in [0.29, 0.717) is 0 Å². The van der Waals surface area contributed by atoms with Crippen molar-refractivity contribution in [2.24, 2.45) is 4.99 Å². The third kappa shape index (κ3) is 1.05. The van der Waals surface area contributed by atoms with Crippen molar-refractivity contribution in [3.63, 3.8) is 0 Å². The maximum absolute atomic E-state index is 4.26. The van der Waals surface area contributed by atoms with Crippen LogP contribution in [0.5, 0.6) is 0 Å². The quantitative estimate of drug-likeness (QED) is 0.641. The normalized spacial score (nSPS) is 21.3. The van der Waals surface area contributed by atoms with Crippen LogP contribution in [0.25, 0.3) is 0 Å². The molecule has 1 aromatic rings. The highest BCUT2D eigenvalue weighted by molar-refractivity contribution is 6.09. The summed E-state index contributed by atoms with van der Waals surface area (Å²) in [5, 5.41) is 3.32. The van der Waals surface area contributed by atoms with E-state index in [2.05, 4.69) is 42.4 Å². The number of anilines is 1. The molecule has 1 aliphatic rings. The minimum absolute atomic E-state index is 0.0331. The number of aliphatic imine (C=N–C) groups is 1. The Morgan fingerprint density at radius 2 is 1.92 bits per heavy atom. The Balaban J connectivity index is 2.60. The third-order valence-corrected chi connectivity index (χ3v) is 2.67. The molecule has 1 aliphatic heterocycles. The summed E-state index contributed by atoms with van der Waals surface area (Å²) in [5.74, 6) is 1.05. The van der Waals surface area contributed by atoms with Crippen molar-refractivity contribution in [3.8, 4) is 0 Å². The SMILES string of the molecule is CN=C1Nc2ccccc2C1(C)C. The summed E-state index contributed by atoms with van der Waals surface area (Å²) in [4.78, 5) is 4.26. The molecule has 0 aliphatic carbocycles. The molecular weight excluding hydrogens is 160 g/mol. The first-order valence-electron chi connectivity index (χ1n) is 4.50. The van der Waals surface area contributed by atoms with Crippen LogP contribution in [0.4, 0.5) is 5.69 Å². The maximum atomic E-state index is 4.26. The third-order valence-electron chi connectivity index (χ3n) is 2.67. The van der Waals surface area contributed by atoms with Crippen LogP contribution in [0.15, 0.2) is 29.3 Å². The van der Waals surface area contributed by atoms with Crippen LogP contribution < -0.4 is 5.32 Å². The van der Waals surface area contributed by atoms with Gasteiger partial charge in [0.05, 0.1) is 0 Å². The molecule has 0 fully saturated rings. The molecule has 1 aromatic carbocycles. The van der Waals surface area contributed by atoms with Crippen LogP contribution in [-0.4, -0.2) is 12.9 Å². The molecule has 0 atom stereocenters. The van der Waals surface area contributed by atoms with Crippen LogP contribution in [0.2, 0.25) is 0 Å². The lowest BCUT2D eigenvalue weighted by Crippen LogP contribution is -2.27. The number of hydrogen-bond acceptors (Lipinski definition) is 1. The summed E-state index contributed by atoms with van der Waals surface area (Å²) in [7, 11) is 1.83. The highest BCUT2D eigenvalue weighted by atomic mass is 15.0. The molecule has 0 unspecified atom stereocenters. The molecule has 68 valence electrons. The number of para-hydroxylation sites is 1. The van der Waals surface area contributed by atoms with Crippen molar-refractivity contribution in [1.82, 2.24) is 0 Å². The predicted molar refractivity (Wildman–Crippen MR) is 56.4 cm³/mol. The molecule has 2 rings (SSSR count). The number of rotatable bonds is 0. The Labute approximate surface area is 78.7 Å². The minimum Gasteiger partial charge on any atom is -0.343 e. The average Bonchev–Trinajstić information content (AvgIpc) is 2.39. The summed E-state index contributed by atoms with van der Waals surface area (Å²) in [6.45, 7) is 4.38. The lowest BCUT2D eigenvalue weighted by molar-refractivity contribution is 0.734. The molecule has 0 radical (unpaired) electrons. The maximum Gasteiger partial charge on any atom is 0.111 e. The lowest BCUT2D eigenvalue weighted by Gasteiger charge is -2.18. The monoisotopic (exact) mass is 174 g/mol. The Hall–Kier alpha value is -1.31. The van der Waals surface area contributed by atoms with Gasteiger partial charge in [-0.3, -0.25) is 4.99 Å². The number of amidine groups is 1. The van der Waals surface area contributed by atoms with Gasteiger partial charge in [-0.05, 0) is 25.5 Å². The molecule has 0 saturated carbocycles. The van der Waals surface area contributed by atoms with Crippen LogP contribution in [-0.2, 0) is 5.41 Å². The summed E-state index contributed by atoms with van der Waals surface area (Å²) in [6, 6.07) is 8.36. The van der Waals surface area contributed by atoms with Crippen molar-refractivity contribution in [2.75, 3.05) is 12.4 Å². The zero-order valence-electron chi connectivity index (χ0n) is 8.26. The van der Waals surface area contributed by atoms with Gasteiger partial charge in [-0.15, -0.1) is 0 Å². The summed E-state index contributed by atoms with van der Waals surface area (Å²) >= 11 is 0. The fourth-order valence-corrected chi connectivity index (χ4v) is 1.88. The predicted octanol–water partition coefficient (Wildman–Crippen LogP) is 2.42. The van der Waals surface area contributed by atoms with Crippen LogP contribution in [0.3, 0.4) is 0 Å². The van der Waals surface area contributed by atoms with Gasteiger partial charge in [0.1, 0.15) is 5.84 Å². The summed E-state index contributed by atoms with van der Waals surface area (Å²) in [5.41, 5.74) is 2.55. The van der Waals surface area contributed by atoms with Crippen molar-refractivity contribution < 1.29 is 0 Å². The van der Waals surface area contributed by atoms with E-state index in [1.54, 1.807) is 0 Å². The molecule has 0 saturated heterocycles. The van der Waals surface area contributed by atoms with Crippen molar-refractivity contribution in [2.45, 2.75) is 19.3 Å². The average molecular weight is 174 g/mol. The van der Waals surface area contributed by atoms with Gasteiger partial charge < -0.3 is 5.32 Å². The molecule has 0 amide bonds. The smallest absolute Gasteiger partial charge is 0.111 e. The highest BCUT2D eigenvalue weighted by Gasteiger charge is 2.35. The highest BCUT2D eigenvalue weighted by Crippen LogP contribution is 2.37. The van der Waals surface area contributed by atoms with E-state index in [1.165, 1.54) is 11.3 Å². The second-order valence-electron chi connectivity index (χ2n) is 3.87.